The van der Waals surface area contributed by atoms with Crippen LogP contribution >= 0.6 is 22.7 Å². The Morgan fingerprint density at radius 3 is 3.17 bits per heavy atom. The van der Waals surface area contributed by atoms with Crippen molar-refractivity contribution in [2.24, 2.45) is 0 Å². The molecule has 0 aromatic carbocycles. The molecule has 0 aliphatic heterocycles. The molecule has 0 aliphatic rings. The minimum atomic E-state index is -0.0879. The highest BCUT2D eigenvalue weighted by atomic mass is 32.1. The Morgan fingerprint density at radius 2 is 2.44 bits per heavy atom. The summed E-state index contributed by atoms with van der Waals surface area (Å²) >= 11 is 3.02. The molecule has 0 saturated carbocycles. The number of hydrogen-bond acceptors (Lipinski definition) is 5. The molecule has 3 aromatic rings. The standard InChI is InChI=1S/C11H10N4OS2/c1-7-5-12-10(18-7)14-9(16)4-8-6-15-2-3-17-11(15)13-8/h2-3,5-6H,4H2,1H3,(H,12,14,16). The lowest BCUT2D eigenvalue weighted by molar-refractivity contribution is -0.115. The summed E-state index contributed by atoms with van der Waals surface area (Å²) in [4.78, 5) is 22.2. The van der Waals surface area contributed by atoms with E-state index in [2.05, 4.69) is 15.3 Å². The fourth-order valence-corrected chi connectivity index (χ4v) is 3.00. The van der Waals surface area contributed by atoms with Crippen LogP contribution in [0.3, 0.4) is 0 Å². The van der Waals surface area contributed by atoms with Crippen molar-refractivity contribution in [3.05, 3.63) is 34.5 Å². The van der Waals surface area contributed by atoms with E-state index in [9.17, 15) is 4.79 Å². The highest BCUT2D eigenvalue weighted by Crippen LogP contribution is 2.17. The number of thiazole rings is 2. The third-order valence-electron chi connectivity index (χ3n) is 2.35. The normalized spacial score (nSPS) is 10.9. The number of nitrogens with zero attached hydrogens (tertiary/aromatic N) is 3. The van der Waals surface area contributed by atoms with Crippen molar-refractivity contribution in [3.8, 4) is 0 Å². The van der Waals surface area contributed by atoms with Crippen molar-refractivity contribution in [2.75, 3.05) is 5.32 Å². The van der Waals surface area contributed by atoms with Crippen LogP contribution in [0.25, 0.3) is 4.96 Å². The van der Waals surface area contributed by atoms with Gasteiger partial charge in [0.25, 0.3) is 0 Å². The quantitative estimate of drug-likeness (QED) is 0.800. The number of aryl methyl sites for hydroxylation is 1. The lowest BCUT2D eigenvalue weighted by Gasteiger charge is -1.98. The molecule has 3 heterocycles. The molecule has 0 radical (unpaired) electrons. The average Bonchev–Trinajstić information content (AvgIpc) is 2.94. The molecule has 0 saturated heterocycles. The maximum absolute atomic E-state index is 11.8. The van der Waals surface area contributed by atoms with E-state index in [1.165, 1.54) is 11.3 Å². The molecule has 0 spiro atoms. The molecule has 7 heteroatoms. The maximum Gasteiger partial charge on any atom is 0.232 e. The van der Waals surface area contributed by atoms with Crippen molar-refractivity contribution in [1.82, 2.24) is 14.4 Å². The van der Waals surface area contributed by atoms with Crippen LogP contribution in [0.4, 0.5) is 5.13 Å². The number of carbonyl (C=O) groups excluding carboxylic acids is 1. The van der Waals surface area contributed by atoms with Gasteiger partial charge in [-0.1, -0.05) is 0 Å². The van der Waals surface area contributed by atoms with E-state index in [1.54, 1.807) is 17.5 Å². The van der Waals surface area contributed by atoms with E-state index in [4.69, 9.17) is 0 Å². The summed E-state index contributed by atoms with van der Waals surface area (Å²) in [6, 6.07) is 0. The average molecular weight is 278 g/mol. The molecule has 0 bridgehead atoms. The molecule has 0 aliphatic carbocycles. The number of rotatable bonds is 3. The molecule has 18 heavy (non-hydrogen) atoms. The van der Waals surface area contributed by atoms with Crippen molar-refractivity contribution in [1.29, 1.82) is 0 Å². The van der Waals surface area contributed by atoms with Gasteiger partial charge in [-0.25, -0.2) is 9.97 Å². The highest BCUT2D eigenvalue weighted by Gasteiger charge is 2.09. The van der Waals surface area contributed by atoms with Gasteiger partial charge in [-0.3, -0.25) is 9.20 Å². The van der Waals surface area contributed by atoms with Crippen LogP contribution in [0.15, 0.2) is 24.0 Å². The highest BCUT2D eigenvalue weighted by molar-refractivity contribution is 7.15. The van der Waals surface area contributed by atoms with Gasteiger partial charge < -0.3 is 5.32 Å². The SMILES string of the molecule is Cc1cnc(NC(=O)Cc2cn3ccsc3n2)s1. The first kappa shape index (κ1) is 11.4. The summed E-state index contributed by atoms with van der Waals surface area (Å²) < 4.78 is 1.92. The first-order valence-corrected chi connectivity index (χ1v) is 7.04. The Bertz CT molecular complexity index is 668. The Balaban J connectivity index is 1.69. The summed E-state index contributed by atoms with van der Waals surface area (Å²) in [6.07, 6.45) is 5.82. The molecule has 1 N–H and O–H groups in total. The van der Waals surface area contributed by atoms with Crippen LogP contribution in [-0.4, -0.2) is 20.3 Å². The van der Waals surface area contributed by atoms with E-state index >= 15 is 0 Å². The fraction of sp³-hybridized carbons (Fsp3) is 0.182. The predicted octanol–water partition coefficient (Wildman–Crippen LogP) is 2.34. The minimum Gasteiger partial charge on any atom is -0.302 e. The van der Waals surface area contributed by atoms with Gasteiger partial charge in [-0.05, 0) is 6.92 Å². The van der Waals surface area contributed by atoms with Gasteiger partial charge in [0.2, 0.25) is 5.91 Å². The number of carbonyl (C=O) groups is 1. The lowest BCUT2D eigenvalue weighted by Crippen LogP contribution is -2.14. The molecule has 0 atom stereocenters. The molecule has 0 unspecified atom stereocenters. The zero-order chi connectivity index (χ0) is 12.5. The smallest absolute Gasteiger partial charge is 0.232 e. The number of imidazole rings is 1. The Morgan fingerprint density at radius 1 is 1.56 bits per heavy atom. The zero-order valence-corrected chi connectivity index (χ0v) is 11.2. The van der Waals surface area contributed by atoms with Gasteiger partial charge in [0, 0.05) is 28.8 Å². The van der Waals surface area contributed by atoms with Crippen LogP contribution in [0.1, 0.15) is 10.6 Å². The van der Waals surface area contributed by atoms with Crippen molar-refractivity contribution in [2.45, 2.75) is 13.3 Å². The lowest BCUT2D eigenvalue weighted by atomic mass is 10.3. The Hall–Kier alpha value is -1.73. The fourth-order valence-electron chi connectivity index (χ4n) is 1.60. The van der Waals surface area contributed by atoms with Crippen LogP contribution in [-0.2, 0) is 11.2 Å². The van der Waals surface area contributed by atoms with E-state index in [0.29, 0.717) is 5.13 Å². The second-order valence-corrected chi connectivity index (χ2v) is 5.93. The third-order valence-corrected chi connectivity index (χ3v) is 3.95. The van der Waals surface area contributed by atoms with E-state index in [0.717, 1.165) is 15.5 Å². The maximum atomic E-state index is 11.8. The second-order valence-electron chi connectivity index (χ2n) is 3.83. The van der Waals surface area contributed by atoms with Crippen LogP contribution in [0, 0.1) is 6.92 Å². The topological polar surface area (TPSA) is 59.3 Å². The molecular weight excluding hydrogens is 268 g/mol. The summed E-state index contributed by atoms with van der Waals surface area (Å²) in [5.74, 6) is -0.0879. The third kappa shape index (κ3) is 2.27. The summed E-state index contributed by atoms with van der Waals surface area (Å²) in [5.41, 5.74) is 0.771. The van der Waals surface area contributed by atoms with E-state index in [-0.39, 0.29) is 12.3 Å². The molecule has 5 nitrogen and oxygen atoms in total. The van der Waals surface area contributed by atoms with Crippen molar-refractivity contribution < 1.29 is 4.79 Å². The van der Waals surface area contributed by atoms with Gasteiger partial charge in [0.1, 0.15) is 0 Å². The van der Waals surface area contributed by atoms with Crippen LogP contribution in [0.2, 0.25) is 0 Å². The number of anilines is 1. The van der Waals surface area contributed by atoms with Gasteiger partial charge in [0.15, 0.2) is 10.1 Å². The van der Waals surface area contributed by atoms with E-state index < -0.39 is 0 Å². The summed E-state index contributed by atoms with van der Waals surface area (Å²) in [6.45, 7) is 1.96. The summed E-state index contributed by atoms with van der Waals surface area (Å²) in [5, 5.41) is 5.37. The monoisotopic (exact) mass is 278 g/mol. The second kappa shape index (κ2) is 4.51. The van der Waals surface area contributed by atoms with E-state index in [1.807, 2.05) is 29.1 Å². The first-order valence-electron chi connectivity index (χ1n) is 5.34. The van der Waals surface area contributed by atoms with Crippen LogP contribution < -0.4 is 5.32 Å². The molecule has 92 valence electrons. The number of nitrogens with one attached hydrogen (secondary N) is 1. The van der Waals surface area contributed by atoms with Gasteiger partial charge >= 0.3 is 0 Å². The largest absolute Gasteiger partial charge is 0.302 e. The number of fused-ring (bicyclic) bond motifs is 1. The number of hydrogen-bond donors (Lipinski definition) is 1. The van der Waals surface area contributed by atoms with Gasteiger partial charge in [-0.2, -0.15) is 0 Å². The molecule has 3 aromatic heterocycles. The summed E-state index contributed by atoms with van der Waals surface area (Å²) in [7, 11) is 0. The van der Waals surface area contributed by atoms with Gasteiger partial charge in [0.05, 0.1) is 12.1 Å². The zero-order valence-electron chi connectivity index (χ0n) is 9.58. The molecular formula is C11H10N4OS2. The number of aromatic nitrogens is 3. The first-order chi connectivity index (χ1) is 8.70. The Kier molecular flexibility index (Phi) is 2.85. The Labute approximate surface area is 111 Å². The number of amides is 1. The molecule has 3 rings (SSSR count). The molecule has 0 fully saturated rings. The predicted molar refractivity (Wildman–Crippen MR) is 72.3 cm³/mol. The van der Waals surface area contributed by atoms with Crippen molar-refractivity contribution >= 4 is 38.7 Å². The molecule has 1 amide bonds. The van der Waals surface area contributed by atoms with Crippen molar-refractivity contribution in [3.63, 3.8) is 0 Å². The van der Waals surface area contributed by atoms with Gasteiger partial charge in [-0.15, -0.1) is 22.7 Å². The minimum absolute atomic E-state index is 0.0879. The van der Waals surface area contributed by atoms with Crippen LogP contribution in [0.5, 0.6) is 0 Å².